The Kier molecular flexibility index (Phi) is 0.833. The molecule has 0 aliphatic rings. The van der Waals surface area contributed by atoms with Crippen LogP contribution in [0.15, 0.2) is 36.5 Å². The maximum atomic E-state index is 3.12. The molecule has 0 bridgehead atoms. The van der Waals surface area contributed by atoms with E-state index >= 15 is 0 Å². The van der Waals surface area contributed by atoms with Crippen molar-refractivity contribution in [3.8, 4) is 0 Å². The Hall–Kier alpha value is -1.24. The molecule has 0 fully saturated rings. The summed E-state index contributed by atoms with van der Waals surface area (Å²) in [6.07, 6.45) is 1.95. The van der Waals surface area contributed by atoms with Crippen LogP contribution in [-0.4, -0.2) is 4.98 Å². The second kappa shape index (κ2) is 1.62. The summed E-state index contributed by atoms with van der Waals surface area (Å²) >= 11 is 0. The van der Waals surface area contributed by atoms with Crippen molar-refractivity contribution < 1.29 is 0 Å². The van der Waals surface area contributed by atoms with Crippen LogP contribution >= 0.6 is 0 Å². The minimum absolute atomic E-state index is 1.21. The highest BCUT2D eigenvalue weighted by Crippen LogP contribution is 2.09. The normalized spacial score (nSPS) is 10.2. The molecule has 0 amide bonds. The third-order valence-electron chi connectivity index (χ3n) is 1.46. The Bertz CT molecular complexity index is 279. The van der Waals surface area contributed by atoms with Gasteiger partial charge < -0.3 is 4.98 Å². The van der Waals surface area contributed by atoms with Crippen LogP contribution in [0.5, 0.6) is 0 Å². The quantitative estimate of drug-likeness (QED) is 0.547. The first kappa shape index (κ1) is 4.62. The van der Waals surface area contributed by atoms with E-state index in [2.05, 4.69) is 23.2 Å². The van der Waals surface area contributed by atoms with Crippen LogP contribution in [-0.2, 0) is 0 Å². The number of fused-ring (bicyclic) bond motifs is 1. The van der Waals surface area contributed by atoms with Gasteiger partial charge in [0.15, 0.2) is 0 Å². The van der Waals surface area contributed by atoms with Crippen molar-refractivity contribution in [3.05, 3.63) is 36.5 Å². The van der Waals surface area contributed by atoms with Gasteiger partial charge in [-0.3, -0.25) is 0 Å². The summed E-state index contributed by atoms with van der Waals surface area (Å²) < 4.78 is 0. The molecule has 0 spiro atoms. The Morgan fingerprint density at radius 3 is 3.00 bits per heavy atom. The van der Waals surface area contributed by atoms with Crippen LogP contribution < -0.4 is 0 Å². The molecule has 0 saturated carbocycles. The lowest BCUT2D eigenvalue weighted by Gasteiger charge is -1.83. The molecule has 9 heavy (non-hydrogen) atoms. The van der Waals surface area contributed by atoms with E-state index in [1.54, 1.807) is 0 Å². The van der Waals surface area contributed by atoms with E-state index in [1.807, 2.05) is 18.3 Å². The molecule has 0 aliphatic heterocycles. The molecule has 1 aromatic heterocycles. The van der Waals surface area contributed by atoms with E-state index in [-0.39, 0.29) is 0 Å². The average Bonchev–Trinajstić information content (AvgIpc) is 2.33. The Labute approximate surface area is 53.3 Å². The van der Waals surface area contributed by atoms with Crippen molar-refractivity contribution in [2.24, 2.45) is 0 Å². The molecule has 0 aliphatic carbocycles. The first-order valence-electron chi connectivity index (χ1n) is 2.99. The summed E-state index contributed by atoms with van der Waals surface area (Å²) in [5.74, 6) is 0. The summed E-state index contributed by atoms with van der Waals surface area (Å²) in [7, 11) is 0. The van der Waals surface area contributed by atoms with Gasteiger partial charge >= 0.3 is 0 Å². The van der Waals surface area contributed by atoms with Crippen molar-refractivity contribution in [3.63, 3.8) is 0 Å². The Morgan fingerprint density at radius 1 is 1.22 bits per heavy atom. The second-order valence-corrected chi connectivity index (χ2v) is 2.06. The predicted octanol–water partition coefficient (Wildman–Crippen LogP) is 2.17. The lowest BCUT2D eigenvalue weighted by Crippen LogP contribution is -1.61. The molecule has 0 saturated heterocycles. The fourth-order valence-corrected chi connectivity index (χ4v) is 0.995. The standard InChI is InChI=1S/C8H7N/c1-2-4-8-7(3-1)5-6-9-8/h1-6,9H/i6+2. The highest BCUT2D eigenvalue weighted by atomic mass is 15.1. The summed E-state index contributed by atoms with van der Waals surface area (Å²) in [6, 6.07) is 10.3. The molecule has 2 rings (SSSR count). The van der Waals surface area contributed by atoms with Crippen LogP contribution in [0.25, 0.3) is 10.9 Å². The topological polar surface area (TPSA) is 15.8 Å². The zero-order valence-corrected chi connectivity index (χ0v) is 4.96. The van der Waals surface area contributed by atoms with Crippen LogP contribution in [0.3, 0.4) is 0 Å². The van der Waals surface area contributed by atoms with Gasteiger partial charge in [0.05, 0.1) is 0 Å². The molecule has 1 heterocycles. The zero-order chi connectivity index (χ0) is 6.10. The second-order valence-electron chi connectivity index (χ2n) is 2.06. The number of nitrogens with one attached hydrogen (secondary N) is 1. The van der Waals surface area contributed by atoms with Crippen LogP contribution in [0.2, 0.25) is 0 Å². The summed E-state index contributed by atoms with van der Waals surface area (Å²) in [4.78, 5) is 3.12. The maximum Gasteiger partial charge on any atom is 0.0453 e. The first-order valence-corrected chi connectivity index (χ1v) is 2.99. The van der Waals surface area contributed by atoms with Gasteiger partial charge in [-0.2, -0.15) is 0 Å². The number of hydrogen-bond acceptors (Lipinski definition) is 0. The highest BCUT2D eigenvalue weighted by Gasteiger charge is 1.86. The van der Waals surface area contributed by atoms with Crippen LogP contribution in [0, 0.1) is 0 Å². The predicted molar refractivity (Wildman–Crippen MR) is 38.3 cm³/mol. The lowest BCUT2D eigenvalue weighted by atomic mass is 10.3. The van der Waals surface area contributed by atoms with E-state index in [4.69, 9.17) is 0 Å². The van der Waals surface area contributed by atoms with E-state index in [9.17, 15) is 0 Å². The van der Waals surface area contributed by atoms with Crippen molar-refractivity contribution in [1.82, 2.24) is 4.98 Å². The van der Waals surface area contributed by atoms with Crippen LogP contribution in [0.1, 0.15) is 0 Å². The number of H-pyrrole nitrogens is 1. The van der Waals surface area contributed by atoms with Gasteiger partial charge in [-0.15, -0.1) is 0 Å². The highest BCUT2D eigenvalue weighted by molar-refractivity contribution is 5.78. The minimum Gasteiger partial charge on any atom is -0.361 e. The van der Waals surface area contributed by atoms with Gasteiger partial charge in [0.2, 0.25) is 0 Å². The largest absolute Gasteiger partial charge is 0.361 e. The number of aromatic nitrogens is 1. The molecule has 1 heteroatoms. The monoisotopic (exact) mass is 119 g/mol. The number of aromatic amines is 1. The SMILES string of the molecule is c1ccc2[nH][14cH]cc2c1. The zero-order valence-electron chi connectivity index (χ0n) is 4.96. The van der Waals surface area contributed by atoms with Gasteiger partial charge in [-0.25, -0.2) is 0 Å². The smallest absolute Gasteiger partial charge is 0.0453 e. The lowest BCUT2D eigenvalue weighted by molar-refractivity contribution is 1.48. The third-order valence-corrected chi connectivity index (χ3v) is 1.46. The minimum atomic E-state index is 1.21. The number of hydrogen-bond donors (Lipinski definition) is 1. The van der Waals surface area contributed by atoms with E-state index in [0.29, 0.717) is 0 Å². The van der Waals surface area contributed by atoms with Crippen molar-refractivity contribution in [2.45, 2.75) is 0 Å². The molecule has 1 N–H and O–H groups in total. The molecular weight excluding hydrogens is 112 g/mol. The van der Waals surface area contributed by atoms with E-state index in [0.717, 1.165) is 0 Å². The first-order chi connectivity index (χ1) is 4.47. The maximum absolute atomic E-state index is 3.12. The fraction of sp³-hybridized carbons (Fsp3) is 0. The van der Waals surface area contributed by atoms with Crippen molar-refractivity contribution in [2.75, 3.05) is 0 Å². The summed E-state index contributed by atoms with van der Waals surface area (Å²) in [5, 5.41) is 1.28. The third kappa shape index (κ3) is 0.617. The molecular formula is C8H7N. The van der Waals surface area contributed by atoms with Gasteiger partial charge in [0, 0.05) is 11.7 Å². The number of rotatable bonds is 0. The summed E-state index contributed by atoms with van der Waals surface area (Å²) in [6.45, 7) is 0. The molecule has 2 aromatic rings. The van der Waals surface area contributed by atoms with Gasteiger partial charge in [-0.05, 0) is 17.5 Å². The fourth-order valence-electron chi connectivity index (χ4n) is 0.995. The average molecular weight is 119 g/mol. The van der Waals surface area contributed by atoms with Gasteiger partial charge in [0.25, 0.3) is 0 Å². The van der Waals surface area contributed by atoms with Crippen molar-refractivity contribution >= 4 is 10.9 Å². The molecule has 0 radical (unpaired) electrons. The van der Waals surface area contributed by atoms with Gasteiger partial charge in [-0.1, -0.05) is 18.2 Å². The molecule has 1 nitrogen and oxygen atoms in total. The Balaban J connectivity index is 2.95. The molecule has 0 unspecified atom stereocenters. The van der Waals surface area contributed by atoms with E-state index < -0.39 is 0 Å². The molecule has 0 atom stereocenters. The molecule has 44 valence electrons. The molecule has 1 aromatic carbocycles. The van der Waals surface area contributed by atoms with Gasteiger partial charge in [0.1, 0.15) is 0 Å². The number of benzene rings is 1. The van der Waals surface area contributed by atoms with E-state index in [1.165, 1.54) is 10.9 Å². The van der Waals surface area contributed by atoms with Crippen LogP contribution in [0.4, 0.5) is 0 Å². The number of para-hydroxylation sites is 1. The summed E-state index contributed by atoms with van der Waals surface area (Å²) in [5.41, 5.74) is 1.21. The van der Waals surface area contributed by atoms with Crippen molar-refractivity contribution in [1.29, 1.82) is 0 Å². The Morgan fingerprint density at radius 2 is 2.11 bits per heavy atom.